The van der Waals surface area contributed by atoms with Crippen LogP contribution >= 0.6 is 0 Å². The molecule has 1 aliphatic rings. The second-order valence-electron chi connectivity index (χ2n) is 6.30. The third-order valence-electron chi connectivity index (χ3n) is 4.63. The van der Waals surface area contributed by atoms with Gasteiger partial charge in [0.2, 0.25) is 5.91 Å². The number of carbonyl (C=O) groups is 1. The van der Waals surface area contributed by atoms with Crippen molar-refractivity contribution in [2.45, 2.75) is 38.7 Å². The van der Waals surface area contributed by atoms with E-state index in [-0.39, 0.29) is 12.5 Å². The predicted molar refractivity (Wildman–Crippen MR) is 88.2 cm³/mol. The SMILES string of the molecule is CCC[C@@]1(CO)CN(C(=O)CCOc2ccccc2)CC[C@H]1O. The van der Waals surface area contributed by atoms with Crippen molar-refractivity contribution in [1.82, 2.24) is 4.90 Å². The topological polar surface area (TPSA) is 70.0 Å². The maximum atomic E-state index is 12.4. The van der Waals surface area contributed by atoms with E-state index >= 15 is 0 Å². The molecule has 1 heterocycles. The zero-order valence-corrected chi connectivity index (χ0v) is 13.8. The van der Waals surface area contributed by atoms with Crippen molar-refractivity contribution in [2.75, 3.05) is 26.3 Å². The van der Waals surface area contributed by atoms with E-state index in [2.05, 4.69) is 0 Å². The number of nitrogens with zero attached hydrogens (tertiary/aromatic N) is 1. The van der Waals surface area contributed by atoms with Gasteiger partial charge in [-0.2, -0.15) is 0 Å². The molecule has 5 heteroatoms. The second-order valence-corrected chi connectivity index (χ2v) is 6.30. The highest BCUT2D eigenvalue weighted by Gasteiger charge is 2.42. The summed E-state index contributed by atoms with van der Waals surface area (Å²) in [5.74, 6) is 0.770. The summed E-state index contributed by atoms with van der Waals surface area (Å²) in [6.45, 7) is 3.23. The van der Waals surface area contributed by atoms with Crippen LogP contribution in [0.2, 0.25) is 0 Å². The van der Waals surface area contributed by atoms with E-state index in [1.165, 1.54) is 0 Å². The highest BCUT2D eigenvalue weighted by molar-refractivity contribution is 5.76. The first-order valence-corrected chi connectivity index (χ1v) is 8.36. The first kappa shape index (κ1) is 17.8. The fourth-order valence-electron chi connectivity index (χ4n) is 3.27. The Labute approximate surface area is 137 Å². The number of benzene rings is 1. The first-order valence-electron chi connectivity index (χ1n) is 8.36. The number of carbonyl (C=O) groups excluding carboxylic acids is 1. The highest BCUT2D eigenvalue weighted by Crippen LogP contribution is 2.34. The maximum Gasteiger partial charge on any atom is 0.226 e. The number of ether oxygens (including phenoxy) is 1. The van der Waals surface area contributed by atoms with Crippen molar-refractivity contribution >= 4 is 5.91 Å². The number of aliphatic hydroxyl groups excluding tert-OH is 2. The Morgan fingerprint density at radius 1 is 1.39 bits per heavy atom. The number of piperidine rings is 1. The molecule has 1 aromatic rings. The summed E-state index contributed by atoms with van der Waals surface area (Å²) in [5.41, 5.74) is -0.580. The van der Waals surface area contributed by atoms with Gasteiger partial charge in [0.15, 0.2) is 0 Å². The van der Waals surface area contributed by atoms with Gasteiger partial charge in [-0.3, -0.25) is 4.79 Å². The molecule has 1 aliphatic heterocycles. The van der Waals surface area contributed by atoms with Gasteiger partial charge in [0, 0.05) is 18.5 Å². The molecule has 1 saturated heterocycles. The average Bonchev–Trinajstić information content (AvgIpc) is 2.58. The largest absolute Gasteiger partial charge is 0.493 e. The smallest absolute Gasteiger partial charge is 0.226 e. The lowest BCUT2D eigenvalue weighted by Gasteiger charge is -2.45. The van der Waals surface area contributed by atoms with Crippen molar-refractivity contribution in [2.24, 2.45) is 5.41 Å². The van der Waals surface area contributed by atoms with Crippen LogP contribution in [0.15, 0.2) is 30.3 Å². The van der Waals surface area contributed by atoms with Crippen molar-refractivity contribution in [3.05, 3.63) is 30.3 Å². The van der Waals surface area contributed by atoms with Crippen LogP contribution in [0.5, 0.6) is 5.75 Å². The molecule has 0 spiro atoms. The monoisotopic (exact) mass is 321 g/mol. The van der Waals surface area contributed by atoms with Crippen LogP contribution < -0.4 is 4.74 Å². The summed E-state index contributed by atoms with van der Waals surface area (Å²) in [5, 5.41) is 20.0. The maximum absolute atomic E-state index is 12.4. The summed E-state index contributed by atoms with van der Waals surface area (Å²) in [4.78, 5) is 14.1. The fraction of sp³-hybridized carbons (Fsp3) is 0.611. The molecule has 0 aromatic heterocycles. The fourth-order valence-corrected chi connectivity index (χ4v) is 3.27. The molecule has 2 N–H and O–H groups in total. The zero-order chi connectivity index (χ0) is 16.7. The lowest BCUT2D eigenvalue weighted by atomic mass is 9.74. The standard InChI is InChI=1S/C18H27NO4/c1-2-10-18(14-20)13-19(11-8-16(18)21)17(22)9-12-23-15-6-4-3-5-7-15/h3-7,16,20-21H,2,8-14H2,1H3/t16-,18+/m1/s1. The Balaban J connectivity index is 1.86. The summed E-state index contributed by atoms with van der Waals surface area (Å²) in [6.07, 6.45) is 1.87. The molecule has 0 aliphatic carbocycles. The Morgan fingerprint density at radius 3 is 2.78 bits per heavy atom. The molecular weight excluding hydrogens is 294 g/mol. The van der Waals surface area contributed by atoms with Gasteiger partial charge in [0.25, 0.3) is 0 Å². The number of hydrogen-bond acceptors (Lipinski definition) is 4. The molecular formula is C18H27NO4. The van der Waals surface area contributed by atoms with E-state index in [1.54, 1.807) is 4.90 Å². The zero-order valence-electron chi connectivity index (χ0n) is 13.8. The number of likely N-dealkylation sites (tertiary alicyclic amines) is 1. The third-order valence-corrected chi connectivity index (χ3v) is 4.63. The normalized spacial score (nSPS) is 24.5. The van der Waals surface area contributed by atoms with Crippen molar-refractivity contribution in [3.8, 4) is 5.75 Å². The molecule has 23 heavy (non-hydrogen) atoms. The molecule has 2 atom stereocenters. The number of aliphatic hydroxyl groups is 2. The lowest BCUT2D eigenvalue weighted by Crippen LogP contribution is -2.55. The van der Waals surface area contributed by atoms with Crippen LogP contribution in [0, 0.1) is 5.41 Å². The van der Waals surface area contributed by atoms with Gasteiger partial charge < -0.3 is 19.8 Å². The number of rotatable bonds is 7. The third kappa shape index (κ3) is 4.45. The number of para-hydroxylation sites is 1. The van der Waals surface area contributed by atoms with E-state index in [4.69, 9.17) is 4.74 Å². The predicted octanol–water partition coefficient (Wildman–Crippen LogP) is 1.83. The molecule has 0 bridgehead atoms. The Bertz CT molecular complexity index is 493. The molecule has 1 fully saturated rings. The summed E-state index contributed by atoms with van der Waals surface area (Å²) in [7, 11) is 0. The van der Waals surface area contributed by atoms with Crippen molar-refractivity contribution in [3.63, 3.8) is 0 Å². The molecule has 1 aromatic carbocycles. The van der Waals surface area contributed by atoms with Gasteiger partial charge >= 0.3 is 0 Å². The molecule has 2 rings (SSSR count). The van der Waals surface area contributed by atoms with Crippen molar-refractivity contribution < 1.29 is 19.7 Å². The number of hydrogen-bond donors (Lipinski definition) is 2. The average molecular weight is 321 g/mol. The Morgan fingerprint density at radius 2 is 2.13 bits per heavy atom. The van der Waals surface area contributed by atoms with Crippen LogP contribution in [0.4, 0.5) is 0 Å². The Hall–Kier alpha value is -1.59. The van der Waals surface area contributed by atoms with E-state index in [9.17, 15) is 15.0 Å². The molecule has 0 saturated carbocycles. The van der Waals surface area contributed by atoms with Gasteiger partial charge in [-0.1, -0.05) is 31.5 Å². The lowest BCUT2D eigenvalue weighted by molar-refractivity contribution is -0.143. The minimum atomic E-state index is -0.580. The summed E-state index contributed by atoms with van der Waals surface area (Å²) < 4.78 is 5.57. The molecule has 0 radical (unpaired) electrons. The second kappa shape index (κ2) is 8.31. The van der Waals surface area contributed by atoms with E-state index < -0.39 is 11.5 Å². The summed E-state index contributed by atoms with van der Waals surface area (Å²) in [6, 6.07) is 9.42. The minimum Gasteiger partial charge on any atom is -0.493 e. The van der Waals surface area contributed by atoms with E-state index in [0.29, 0.717) is 32.5 Å². The van der Waals surface area contributed by atoms with Gasteiger partial charge in [0.1, 0.15) is 5.75 Å². The van der Waals surface area contributed by atoms with Crippen molar-refractivity contribution in [1.29, 1.82) is 0 Å². The Kier molecular flexibility index (Phi) is 6.42. The molecule has 5 nitrogen and oxygen atoms in total. The molecule has 1 amide bonds. The quantitative estimate of drug-likeness (QED) is 0.804. The van der Waals surface area contributed by atoms with Crippen LogP contribution in [0.1, 0.15) is 32.6 Å². The van der Waals surface area contributed by atoms with Crippen LogP contribution in [0.3, 0.4) is 0 Å². The van der Waals surface area contributed by atoms with Gasteiger partial charge in [-0.05, 0) is 25.0 Å². The first-order chi connectivity index (χ1) is 11.1. The van der Waals surface area contributed by atoms with Gasteiger partial charge in [0.05, 0.1) is 25.7 Å². The molecule has 0 unspecified atom stereocenters. The van der Waals surface area contributed by atoms with Crippen LogP contribution in [-0.2, 0) is 4.79 Å². The van der Waals surface area contributed by atoms with Gasteiger partial charge in [-0.25, -0.2) is 0 Å². The van der Waals surface area contributed by atoms with Crippen LogP contribution in [0.25, 0.3) is 0 Å². The van der Waals surface area contributed by atoms with Gasteiger partial charge in [-0.15, -0.1) is 0 Å². The van der Waals surface area contributed by atoms with Crippen LogP contribution in [-0.4, -0.2) is 53.4 Å². The summed E-state index contributed by atoms with van der Waals surface area (Å²) >= 11 is 0. The highest BCUT2D eigenvalue weighted by atomic mass is 16.5. The van der Waals surface area contributed by atoms with E-state index in [1.807, 2.05) is 37.3 Å². The number of amides is 1. The minimum absolute atomic E-state index is 0.0155. The molecule has 128 valence electrons. The van der Waals surface area contributed by atoms with E-state index in [0.717, 1.165) is 18.6 Å².